The van der Waals surface area contributed by atoms with Gasteiger partial charge in [-0.1, -0.05) is 84.1 Å². The van der Waals surface area contributed by atoms with Gasteiger partial charge in [0.15, 0.2) is 0 Å². The van der Waals surface area contributed by atoms with Crippen molar-refractivity contribution in [3.63, 3.8) is 0 Å². The van der Waals surface area contributed by atoms with Crippen LogP contribution in [0.2, 0.25) is 0 Å². The van der Waals surface area contributed by atoms with Crippen LogP contribution in [0.15, 0.2) is 133 Å². The topological polar surface area (TPSA) is 30.9 Å². The summed E-state index contributed by atoms with van der Waals surface area (Å²) >= 11 is 0. The molecule has 0 aliphatic carbocycles. The first-order valence-corrected chi connectivity index (χ1v) is 17.0. The molecule has 1 aliphatic heterocycles. The van der Waals surface area contributed by atoms with Gasteiger partial charge >= 0.3 is 0 Å². The highest BCUT2D eigenvalue weighted by Gasteiger charge is 2.26. The largest absolute Gasteiger partial charge is 0.497 e. The van der Waals surface area contributed by atoms with Gasteiger partial charge in [-0.05, 0) is 106 Å². The molecule has 248 valence electrons. The molecule has 0 saturated carbocycles. The lowest BCUT2D eigenvalue weighted by Gasteiger charge is -2.16. The number of nitrogens with zero attached hydrogens (tertiary/aromatic N) is 1. The second kappa shape index (κ2) is 14.0. The third-order valence-corrected chi connectivity index (χ3v) is 9.03. The average molecular weight is 672 g/mol. The summed E-state index contributed by atoms with van der Waals surface area (Å²) in [6.07, 6.45) is 0. The molecule has 0 N–H and O–H groups in total. The molecule has 0 radical (unpaired) electrons. The van der Waals surface area contributed by atoms with E-state index in [2.05, 4.69) is 101 Å². The van der Waals surface area contributed by atoms with E-state index in [0.717, 1.165) is 77.5 Å². The third-order valence-electron chi connectivity index (χ3n) is 9.03. The van der Waals surface area contributed by atoms with E-state index < -0.39 is 0 Å². The van der Waals surface area contributed by atoms with Crippen molar-refractivity contribution in [2.24, 2.45) is 0 Å². The summed E-state index contributed by atoms with van der Waals surface area (Å²) < 4.78 is 18.3. The standard InChI is InChI=1S/C48H33NO3/c1-49(2)41-24-17-35(18-25-41)16-23-39-31-40-29-36(14-13-34-19-26-42(50-3)27-20-34)21-28-44(40)46-45-43-12-8-7-11-37(43)30-38(47(45)51-32-52-48(39)46)22-15-33-9-5-4-6-10-33/h4-12,17-21,24-31H,32H2,1-3H3. The fourth-order valence-corrected chi connectivity index (χ4v) is 6.39. The average Bonchev–Trinajstić information content (AvgIpc) is 3.40. The number of fused-ring (bicyclic) bond motifs is 7. The highest BCUT2D eigenvalue weighted by molar-refractivity contribution is 6.12. The lowest BCUT2D eigenvalue weighted by atomic mass is 9.88. The number of hydrogen-bond donors (Lipinski definition) is 0. The van der Waals surface area contributed by atoms with Crippen LogP contribution >= 0.6 is 0 Å². The molecule has 0 amide bonds. The van der Waals surface area contributed by atoms with Crippen molar-refractivity contribution in [3.8, 4) is 63.9 Å². The summed E-state index contributed by atoms with van der Waals surface area (Å²) in [5.41, 5.74) is 8.17. The van der Waals surface area contributed by atoms with Gasteiger partial charge in [-0.2, -0.15) is 0 Å². The number of anilines is 1. The maximum Gasteiger partial charge on any atom is 0.231 e. The van der Waals surface area contributed by atoms with E-state index in [1.165, 1.54) is 0 Å². The summed E-state index contributed by atoms with van der Waals surface area (Å²) in [5, 5.41) is 4.11. The molecule has 8 rings (SSSR count). The van der Waals surface area contributed by atoms with Gasteiger partial charge in [0.1, 0.15) is 17.2 Å². The van der Waals surface area contributed by atoms with Gasteiger partial charge in [0.25, 0.3) is 0 Å². The maximum atomic E-state index is 6.51. The van der Waals surface area contributed by atoms with Gasteiger partial charge in [0.2, 0.25) is 6.79 Å². The number of methoxy groups -OCH3 is 1. The number of benzene rings is 7. The van der Waals surface area contributed by atoms with Crippen LogP contribution < -0.4 is 19.1 Å². The molecule has 0 spiro atoms. The Labute approximate surface area is 304 Å². The van der Waals surface area contributed by atoms with Crippen LogP contribution in [0.3, 0.4) is 0 Å². The maximum absolute atomic E-state index is 6.51. The molecule has 7 aromatic carbocycles. The lowest BCUT2D eigenvalue weighted by molar-refractivity contribution is 0.124. The Morgan fingerprint density at radius 3 is 1.67 bits per heavy atom. The van der Waals surface area contributed by atoms with Gasteiger partial charge in [-0.25, -0.2) is 0 Å². The first-order valence-electron chi connectivity index (χ1n) is 17.0. The Morgan fingerprint density at radius 1 is 0.500 bits per heavy atom. The molecule has 0 bridgehead atoms. The summed E-state index contributed by atoms with van der Waals surface area (Å²) in [6.45, 7) is 0.0154. The van der Waals surface area contributed by atoms with Crippen LogP contribution in [0.5, 0.6) is 17.2 Å². The second-order valence-corrected chi connectivity index (χ2v) is 12.6. The van der Waals surface area contributed by atoms with Crippen molar-refractivity contribution in [1.82, 2.24) is 0 Å². The van der Waals surface area contributed by atoms with Crippen LogP contribution in [0, 0.1) is 35.5 Å². The Bertz CT molecular complexity index is 2660. The van der Waals surface area contributed by atoms with E-state index in [1.54, 1.807) is 7.11 Å². The summed E-state index contributed by atoms with van der Waals surface area (Å²) in [5.74, 6) is 22.5. The van der Waals surface area contributed by atoms with Crippen LogP contribution in [-0.2, 0) is 0 Å². The van der Waals surface area contributed by atoms with Gasteiger partial charge in [0.05, 0.1) is 18.2 Å². The van der Waals surface area contributed by atoms with Crippen LogP contribution in [-0.4, -0.2) is 28.0 Å². The molecule has 0 unspecified atom stereocenters. The molecule has 0 fully saturated rings. The molecule has 4 heteroatoms. The van der Waals surface area contributed by atoms with E-state index in [4.69, 9.17) is 14.2 Å². The smallest absolute Gasteiger partial charge is 0.231 e. The van der Waals surface area contributed by atoms with Crippen LogP contribution in [0.1, 0.15) is 33.4 Å². The van der Waals surface area contributed by atoms with Gasteiger partial charge in [-0.3, -0.25) is 0 Å². The molecule has 1 heterocycles. The predicted octanol–water partition coefficient (Wildman–Crippen LogP) is 9.66. The summed E-state index contributed by atoms with van der Waals surface area (Å²) in [4.78, 5) is 2.07. The Balaban J connectivity index is 1.36. The predicted molar refractivity (Wildman–Crippen MR) is 211 cm³/mol. The Morgan fingerprint density at radius 2 is 1.02 bits per heavy atom. The number of hydrogen-bond acceptors (Lipinski definition) is 4. The molecular formula is C48H33NO3. The molecule has 0 atom stereocenters. The highest BCUT2D eigenvalue weighted by Crippen LogP contribution is 2.49. The third kappa shape index (κ3) is 6.48. The van der Waals surface area contributed by atoms with E-state index >= 15 is 0 Å². The van der Waals surface area contributed by atoms with Crippen molar-refractivity contribution in [1.29, 1.82) is 0 Å². The quantitative estimate of drug-likeness (QED) is 0.171. The lowest BCUT2D eigenvalue weighted by Crippen LogP contribution is -2.07. The number of ether oxygens (including phenoxy) is 3. The first-order chi connectivity index (χ1) is 25.5. The zero-order valence-electron chi connectivity index (χ0n) is 29.1. The Kier molecular flexibility index (Phi) is 8.69. The van der Waals surface area contributed by atoms with Gasteiger partial charge in [-0.15, -0.1) is 0 Å². The minimum absolute atomic E-state index is 0.0154. The van der Waals surface area contributed by atoms with Crippen LogP contribution in [0.4, 0.5) is 5.69 Å². The molecule has 0 saturated heterocycles. The minimum atomic E-state index is 0.0154. The SMILES string of the molecule is COc1ccc(C#Cc2ccc3c4c(c(C#Cc5ccc(N(C)C)cc5)cc3c2)OCOc2c(C#Cc3ccccc3)cc3ccccc3c2-4)cc1. The van der Waals surface area contributed by atoms with Crippen molar-refractivity contribution in [3.05, 3.63) is 167 Å². The fraction of sp³-hybridized carbons (Fsp3) is 0.0833. The van der Waals surface area contributed by atoms with E-state index in [9.17, 15) is 0 Å². The van der Waals surface area contributed by atoms with E-state index in [1.807, 2.05) is 86.9 Å². The van der Waals surface area contributed by atoms with Gasteiger partial charge < -0.3 is 19.1 Å². The molecule has 7 aromatic rings. The van der Waals surface area contributed by atoms with Crippen molar-refractivity contribution in [2.75, 3.05) is 32.9 Å². The molecular weight excluding hydrogens is 639 g/mol. The molecule has 1 aliphatic rings. The molecule has 0 aromatic heterocycles. The van der Waals surface area contributed by atoms with Crippen LogP contribution in [0.25, 0.3) is 32.7 Å². The summed E-state index contributed by atoms with van der Waals surface area (Å²) in [6, 6.07) is 44.8. The zero-order valence-corrected chi connectivity index (χ0v) is 29.1. The van der Waals surface area contributed by atoms with Crippen molar-refractivity contribution >= 4 is 27.2 Å². The van der Waals surface area contributed by atoms with Gasteiger partial charge in [0, 0.05) is 53.2 Å². The van der Waals surface area contributed by atoms with Crippen molar-refractivity contribution in [2.45, 2.75) is 0 Å². The normalized spacial score (nSPS) is 11.1. The molecule has 52 heavy (non-hydrogen) atoms. The van der Waals surface area contributed by atoms with E-state index in [-0.39, 0.29) is 6.79 Å². The monoisotopic (exact) mass is 671 g/mol. The first kappa shape index (κ1) is 32.2. The Hall–Kier alpha value is -7.06. The fourth-order valence-electron chi connectivity index (χ4n) is 6.39. The molecule has 4 nitrogen and oxygen atoms in total. The minimum Gasteiger partial charge on any atom is -0.497 e. The van der Waals surface area contributed by atoms with E-state index in [0.29, 0.717) is 11.5 Å². The van der Waals surface area contributed by atoms with Crippen molar-refractivity contribution < 1.29 is 14.2 Å². The summed E-state index contributed by atoms with van der Waals surface area (Å²) in [7, 11) is 5.72. The highest BCUT2D eigenvalue weighted by atomic mass is 16.7. The zero-order chi connectivity index (χ0) is 35.4. The second-order valence-electron chi connectivity index (χ2n) is 12.6. The number of rotatable bonds is 2.